The molecule has 0 aromatic heterocycles. The van der Waals surface area contributed by atoms with E-state index >= 15 is 0 Å². The highest BCUT2D eigenvalue weighted by atomic mass is 32.1. The quantitative estimate of drug-likeness (QED) is 0.605. The zero-order chi connectivity index (χ0) is 12.5. The first-order valence-corrected chi connectivity index (χ1v) is 5.97. The van der Waals surface area contributed by atoms with Gasteiger partial charge in [0.1, 0.15) is 5.70 Å². The van der Waals surface area contributed by atoms with Gasteiger partial charge in [0.05, 0.1) is 0 Å². The molecule has 0 spiro atoms. The van der Waals surface area contributed by atoms with Gasteiger partial charge in [0, 0.05) is 0 Å². The Balaban J connectivity index is 2.13. The molecule has 0 unspecified atom stereocenters. The van der Waals surface area contributed by atoms with Crippen molar-refractivity contribution in [2.24, 2.45) is 0 Å². The summed E-state index contributed by atoms with van der Waals surface area (Å²) in [4.78, 5) is 11.6. The van der Waals surface area contributed by atoms with Crippen molar-refractivity contribution < 1.29 is 4.79 Å². The number of hydrogen-bond donors (Lipinski definition) is 2. The maximum atomic E-state index is 11.6. The van der Waals surface area contributed by atoms with Crippen LogP contribution < -0.4 is 10.6 Å². The Morgan fingerprint density at radius 2 is 1.78 bits per heavy atom. The molecule has 2 aromatic rings. The molecule has 1 amide bonds. The molecule has 1 heterocycles. The van der Waals surface area contributed by atoms with E-state index < -0.39 is 0 Å². The molecule has 18 heavy (non-hydrogen) atoms. The molecule has 4 heteroatoms. The number of nitrogens with one attached hydrogen (secondary N) is 2. The number of rotatable bonds is 1. The van der Waals surface area contributed by atoms with Crippen molar-refractivity contribution in [3.8, 4) is 0 Å². The summed E-state index contributed by atoms with van der Waals surface area (Å²) in [5, 5.41) is 8.01. The van der Waals surface area contributed by atoms with E-state index in [9.17, 15) is 4.79 Å². The highest BCUT2D eigenvalue weighted by Crippen LogP contribution is 2.20. The summed E-state index contributed by atoms with van der Waals surface area (Å²) in [5.74, 6) is -0.187. The summed E-state index contributed by atoms with van der Waals surface area (Å²) in [6.45, 7) is 0. The minimum atomic E-state index is -0.187. The fourth-order valence-electron chi connectivity index (χ4n) is 2.01. The van der Waals surface area contributed by atoms with Gasteiger partial charge in [0.25, 0.3) is 5.91 Å². The summed E-state index contributed by atoms with van der Waals surface area (Å²) in [6.07, 6.45) is 1.82. The van der Waals surface area contributed by atoms with Crippen molar-refractivity contribution in [1.29, 1.82) is 0 Å². The second-order valence-electron chi connectivity index (χ2n) is 4.03. The van der Waals surface area contributed by atoms with Crippen molar-refractivity contribution in [2.75, 3.05) is 0 Å². The van der Waals surface area contributed by atoms with E-state index in [1.165, 1.54) is 0 Å². The second kappa shape index (κ2) is 4.23. The van der Waals surface area contributed by atoms with E-state index in [1.54, 1.807) is 0 Å². The summed E-state index contributed by atoms with van der Waals surface area (Å²) >= 11 is 4.90. The fourth-order valence-corrected chi connectivity index (χ4v) is 2.22. The number of hydrogen-bond acceptors (Lipinski definition) is 2. The number of carbonyl (C=O) groups excluding carboxylic acids is 1. The van der Waals surface area contributed by atoms with Gasteiger partial charge in [-0.15, -0.1) is 0 Å². The molecular weight excluding hydrogens is 244 g/mol. The normalized spacial score (nSPS) is 17.0. The smallest absolute Gasteiger partial charge is 0.273 e. The van der Waals surface area contributed by atoms with Crippen molar-refractivity contribution in [3.05, 3.63) is 53.7 Å². The van der Waals surface area contributed by atoms with Gasteiger partial charge in [0.15, 0.2) is 5.11 Å². The first-order chi connectivity index (χ1) is 8.74. The van der Waals surface area contributed by atoms with E-state index in [0.717, 1.165) is 16.3 Å². The standard InChI is InChI=1S/C14H10N2OS/c17-13-12(15-14(18)16-13)8-10-6-3-5-9-4-1-2-7-11(9)10/h1-8H,(H2,15,16,17,18)/b12-8-. The lowest BCUT2D eigenvalue weighted by Gasteiger charge is -2.02. The Labute approximate surface area is 109 Å². The van der Waals surface area contributed by atoms with E-state index in [4.69, 9.17) is 12.2 Å². The van der Waals surface area contributed by atoms with Crippen LogP contribution in [-0.2, 0) is 4.79 Å². The number of carbonyl (C=O) groups is 1. The largest absolute Gasteiger partial charge is 0.328 e. The lowest BCUT2D eigenvalue weighted by Crippen LogP contribution is -2.21. The first kappa shape index (κ1) is 10.9. The summed E-state index contributed by atoms with van der Waals surface area (Å²) in [5.41, 5.74) is 1.48. The summed E-state index contributed by atoms with van der Waals surface area (Å²) < 4.78 is 0. The van der Waals surface area contributed by atoms with Crippen LogP contribution in [0.3, 0.4) is 0 Å². The molecule has 0 saturated carbocycles. The predicted molar refractivity (Wildman–Crippen MR) is 75.8 cm³/mol. The molecule has 1 saturated heterocycles. The van der Waals surface area contributed by atoms with Crippen LogP contribution in [0.15, 0.2) is 48.2 Å². The Kier molecular flexibility index (Phi) is 2.57. The molecule has 3 rings (SSSR count). The van der Waals surface area contributed by atoms with Crippen LogP contribution in [0.25, 0.3) is 16.8 Å². The van der Waals surface area contributed by atoms with Crippen LogP contribution in [0.5, 0.6) is 0 Å². The maximum Gasteiger partial charge on any atom is 0.273 e. The highest BCUT2D eigenvalue weighted by Gasteiger charge is 2.19. The number of thiocarbonyl (C=S) groups is 1. The van der Waals surface area contributed by atoms with E-state index in [-0.39, 0.29) is 5.91 Å². The highest BCUT2D eigenvalue weighted by molar-refractivity contribution is 7.80. The molecule has 0 aliphatic carbocycles. The van der Waals surface area contributed by atoms with Crippen molar-refractivity contribution in [3.63, 3.8) is 0 Å². The van der Waals surface area contributed by atoms with Gasteiger partial charge in [-0.25, -0.2) is 0 Å². The second-order valence-corrected chi connectivity index (χ2v) is 4.44. The molecule has 0 bridgehead atoms. The SMILES string of the molecule is O=C1NC(=S)N/C1=C\c1cccc2ccccc12. The molecular formula is C14H10N2OS. The molecule has 0 atom stereocenters. The van der Waals surface area contributed by atoms with E-state index in [2.05, 4.69) is 10.6 Å². The Bertz CT molecular complexity index is 686. The van der Waals surface area contributed by atoms with E-state index in [0.29, 0.717) is 10.8 Å². The molecule has 0 radical (unpaired) electrons. The van der Waals surface area contributed by atoms with Crippen LogP contribution in [0.1, 0.15) is 5.56 Å². The van der Waals surface area contributed by atoms with Gasteiger partial charge in [-0.05, 0) is 34.6 Å². The minimum Gasteiger partial charge on any atom is -0.328 e. The maximum absolute atomic E-state index is 11.6. The van der Waals surface area contributed by atoms with Crippen LogP contribution in [0, 0.1) is 0 Å². The molecule has 1 aliphatic heterocycles. The average molecular weight is 254 g/mol. The first-order valence-electron chi connectivity index (χ1n) is 5.56. The molecule has 3 nitrogen and oxygen atoms in total. The summed E-state index contributed by atoms with van der Waals surface area (Å²) in [7, 11) is 0. The van der Waals surface area contributed by atoms with Gasteiger partial charge >= 0.3 is 0 Å². The van der Waals surface area contributed by atoms with Gasteiger partial charge in [-0.2, -0.15) is 0 Å². The molecule has 1 aliphatic rings. The van der Waals surface area contributed by atoms with Crippen LogP contribution in [0.4, 0.5) is 0 Å². The average Bonchev–Trinajstić information content (AvgIpc) is 2.68. The van der Waals surface area contributed by atoms with Crippen LogP contribution >= 0.6 is 12.2 Å². The van der Waals surface area contributed by atoms with Crippen molar-refractivity contribution in [2.45, 2.75) is 0 Å². The molecule has 88 valence electrons. The fraction of sp³-hybridized carbons (Fsp3) is 0. The molecule has 2 aromatic carbocycles. The van der Waals surface area contributed by atoms with Crippen molar-refractivity contribution >= 4 is 40.1 Å². The Morgan fingerprint density at radius 1 is 1.00 bits per heavy atom. The zero-order valence-electron chi connectivity index (χ0n) is 9.44. The number of amides is 1. The van der Waals surface area contributed by atoms with Gasteiger partial charge in [-0.3, -0.25) is 10.1 Å². The zero-order valence-corrected chi connectivity index (χ0v) is 10.3. The third-order valence-electron chi connectivity index (χ3n) is 2.84. The third-order valence-corrected chi connectivity index (χ3v) is 3.05. The van der Waals surface area contributed by atoms with Crippen LogP contribution in [0.2, 0.25) is 0 Å². The summed E-state index contributed by atoms with van der Waals surface area (Å²) in [6, 6.07) is 14.1. The lowest BCUT2D eigenvalue weighted by atomic mass is 10.0. The van der Waals surface area contributed by atoms with Gasteiger partial charge < -0.3 is 5.32 Å². The van der Waals surface area contributed by atoms with E-state index in [1.807, 2.05) is 48.5 Å². The minimum absolute atomic E-state index is 0.187. The molecule has 1 fully saturated rings. The van der Waals surface area contributed by atoms with Crippen LogP contribution in [-0.4, -0.2) is 11.0 Å². The third kappa shape index (κ3) is 1.87. The Hall–Kier alpha value is -2.20. The number of fused-ring (bicyclic) bond motifs is 1. The predicted octanol–water partition coefficient (Wildman–Crippen LogP) is 2.19. The van der Waals surface area contributed by atoms with Gasteiger partial charge in [0.2, 0.25) is 0 Å². The number of benzene rings is 2. The van der Waals surface area contributed by atoms with Gasteiger partial charge in [-0.1, -0.05) is 42.5 Å². The van der Waals surface area contributed by atoms with Crippen molar-refractivity contribution in [1.82, 2.24) is 10.6 Å². The topological polar surface area (TPSA) is 41.1 Å². The lowest BCUT2D eigenvalue weighted by molar-refractivity contribution is -0.115. The monoisotopic (exact) mass is 254 g/mol. The Morgan fingerprint density at radius 3 is 2.56 bits per heavy atom. The molecule has 2 N–H and O–H groups in total.